The number of hydrogen-bond acceptors (Lipinski definition) is 3. The average molecular weight is 370 g/mol. The van der Waals surface area contributed by atoms with Gasteiger partial charge < -0.3 is 4.18 Å². The van der Waals surface area contributed by atoms with Gasteiger partial charge in [-0.2, -0.15) is 21.6 Å². The summed E-state index contributed by atoms with van der Waals surface area (Å²) in [6.07, 6.45) is 0. The highest BCUT2D eigenvalue weighted by Gasteiger charge is 2.48. The lowest BCUT2D eigenvalue weighted by Crippen LogP contribution is -2.28. The Morgan fingerprint density at radius 3 is 2.16 bits per heavy atom. The Hall–Kier alpha value is -2.61. The highest BCUT2D eigenvalue weighted by atomic mass is 32.2. The van der Waals surface area contributed by atoms with Gasteiger partial charge in [0, 0.05) is 5.39 Å². The Morgan fingerprint density at radius 2 is 1.52 bits per heavy atom. The normalized spacial score (nSPS) is 12.3. The first-order chi connectivity index (χ1) is 11.7. The topological polar surface area (TPSA) is 43.4 Å². The molecule has 3 aromatic carbocycles. The molecule has 130 valence electrons. The second-order valence-electron chi connectivity index (χ2n) is 5.19. The number of fused-ring (bicyclic) bond motifs is 1. The van der Waals surface area contributed by atoms with Crippen LogP contribution in [-0.4, -0.2) is 13.9 Å². The number of benzene rings is 3. The highest BCUT2D eigenvalue weighted by Crippen LogP contribution is 2.36. The highest BCUT2D eigenvalue weighted by molar-refractivity contribution is 7.88. The van der Waals surface area contributed by atoms with Crippen LogP contribution in [0.3, 0.4) is 0 Å². The molecular weight excluding hydrogens is 360 g/mol. The van der Waals surface area contributed by atoms with E-state index in [1.165, 1.54) is 12.1 Å². The van der Waals surface area contributed by atoms with Gasteiger partial charge in [0.05, 0.1) is 0 Å². The quantitative estimate of drug-likeness (QED) is 0.375. The van der Waals surface area contributed by atoms with E-state index in [0.29, 0.717) is 11.1 Å². The number of rotatable bonds is 3. The second-order valence-corrected chi connectivity index (χ2v) is 6.73. The van der Waals surface area contributed by atoms with Crippen LogP contribution >= 0.6 is 0 Å². The fraction of sp³-hybridized carbons (Fsp3) is 0.0588. The van der Waals surface area contributed by atoms with Crippen molar-refractivity contribution >= 4 is 20.9 Å². The van der Waals surface area contributed by atoms with Crippen LogP contribution in [0.25, 0.3) is 21.9 Å². The van der Waals surface area contributed by atoms with Crippen LogP contribution in [0.15, 0.2) is 60.7 Å². The third-order valence-corrected chi connectivity index (χ3v) is 4.43. The van der Waals surface area contributed by atoms with Gasteiger partial charge in [-0.3, -0.25) is 0 Å². The van der Waals surface area contributed by atoms with E-state index in [0.717, 1.165) is 12.1 Å². The minimum atomic E-state index is -5.85. The molecule has 0 bridgehead atoms. The molecule has 0 fully saturated rings. The molecule has 0 aliphatic heterocycles. The van der Waals surface area contributed by atoms with Gasteiger partial charge in [0.2, 0.25) is 0 Å². The lowest BCUT2D eigenvalue weighted by molar-refractivity contribution is -0.0499. The summed E-state index contributed by atoms with van der Waals surface area (Å²) in [5, 5.41) is 0.266. The Labute approximate surface area is 140 Å². The van der Waals surface area contributed by atoms with Crippen molar-refractivity contribution in [1.82, 2.24) is 0 Å². The van der Waals surface area contributed by atoms with Crippen molar-refractivity contribution in [2.24, 2.45) is 0 Å². The van der Waals surface area contributed by atoms with Gasteiger partial charge in [-0.25, -0.2) is 4.39 Å². The van der Waals surface area contributed by atoms with Gasteiger partial charge in [-0.1, -0.05) is 30.3 Å². The fourth-order valence-electron chi connectivity index (χ4n) is 2.34. The van der Waals surface area contributed by atoms with Crippen molar-refractivity contribution in [3.63, 3.8) is 0 Å². The van der Waals surface area contributed by atoms with Gasteiger partial charge >= 0.3 is 15.6 Å². The van der Waals surface area contributed by atoms with Crippen molar-refractivity contribution in [3.8, 4) is 16.9 Å². The molecule has 0 aromatic heterocycles. The molecule has 0 aliphatic rings. The molecule has 3 rings (SSSR count). The van der Waals surface area contributed by atoms with Gasteiger partial charge in [-0.05, 0) is 46.8 Å². The third kappa shape index (κ3) is 3.43. The van der Waals surface area contributed by atoms with E-state index in [1.54, 1.807) is 36.4 Å². The summed E-state index contributed by atoms with van der Waals surface area (Å²) in [5.74, 6) is -1.13. The van der Waals surface area contributed by atoms with E-state index in [1.807, 2.05) is 0 Å². The molecule has 0 radical (unpaired) electrons. The molecule has 0 saturated carbocycles. The zero-order valence-electron chi connectivity index (χ0n) is 12.4. The first kappa shape index (κ1) is 17.2. The van der Waals surface area contributed by atoms with Crippen LogP contribution in [0.5, 0.6) is 5.75 Å². The standard InChI is InChI=1S/C17H10F4O3S/c18-14-6-7-15-13(9-14)8-12(11-4-2-1-3-5-11)10-16(15)24-25(22,23)17(19,20)21/h1-10H. The number of alkyl halides is 3. The molecule has 0 heterocycles. The van der Waals surface area contributed by atoms with Crippen molar-refractivity contribution in [3.05, 3.63) is 66.5 Å². The van der Waals surface area contributed by atoms with Crippen LogP contribution < -0.4 is 4.18 Å². The van der Waals surface area contributed by atoms with Crippen LogP contribution in [0, 0.1) is 5.82 Å². The van der Waals surface area contributed by atoms with E-state index in [2.05, 4.69) is 4.18 Å². The predicted molar refractivity (Wildman–Crippen MR) is 84.9 cm³/mol. The molecule has 0 atom stereocenters. The lowest BCUT2D eigenvalue weighted by atomic mass is 10.0. The van der Waals surface area contributed by atoms with Gasteiger partial charge in [0.1, 0.15) is 5.82 Å². The van der Waals surface area contributed by atoms with Crippen molar-refractivity contribution < 1.29 is 30.2 Å². The molecule has 8 heteroatoms. The maximum absolute atomic E-state index is 13.5. The SMILES string of the molecule is O=S(=O)(Oc1cc(-c2ccccc2)cc2cc(F)ccc12)C(F)(F)F. The molecule has 0 aliphatic carbocycles. The van der Waals surface area contributed by atoms with Crippen LogP contribution in [0.2, 0.25) is 0 Å². The van der Waals surface area contributed by atoms with E-state index < -0.39 is 27.2 Å². The second kappa shape index (κ2) is 6.03. The molecular formula is C17H10F4O3S. The van der Waals surface area contributed by atoms with E-state index >= 15 is 0 Å². The first-order valence-corrected chi connectivity index (χ1v) is 8.38. The van der Waals surface area contributed by atoms with E-state index in [9.17, 15) is 26.0 Å². The minimum Gasteiger partial charge on any atom is -0.375 e. The van der Waals surface area contributed by atoms with Crippen LogP contribution in [-0.2, 0) is 10.1 Å². The summed E-state index contributed by atoms with van der Waals surface area (Å²) < 4.78 is 78.4. The molecule has 0 amide bonds. The summed E-state index contributed by atoms with van der Waals surface area (Å²) in [6, 6.07) is 14.5. The van der Waals surface area contributed by atoms with Crippen molar-refractivity contribution in [1.29, 1.82) is 0 Å². The monoisotopic (exact) mass is 370 g/mol. The van der Waals surface area contributed by atoms with Crippen LogP contribution in [0.1, 0.15) is 0 Å². The maximum Gasteiger partial charge on any atom is 0.534 e. The van der Waals surface area contributed by atoms with Crippen molar-refractivity contribution in [2.75, 3.05) is 0 Å². The zero-order chi connectivity index (χ0) is 18.2. The summed E-state index contributed by atoms with van der Waals surface area (Å²) in [7, 11) is -5.85. The van der Waals surface area contributed by atoms with Gasteiger partial charge in [-0.15, -0.1) is 0 Å². The molecule has 0 spiro atoms. The summed E-state index contributed by atoms with van der Waals surface area (Å²) in [4.78, 5) is 0. The average Bonchev–Trinajstić information content (AvgIpc) is 2.53. The Bertz CT molecular complexity index is 1030. The maximum atomic E-state index is 13.5. The van der Waals surface area contributed by atoms with Crippen LogP contribution in [0.4, 0.5) is 17.6 Å². The summed E-state index contributed by atoms with van der Waals surface area (Å²) in [6.45, 7) is 0. The van der Waals surface area contributed by atoms with E-state index in [4.69, 9.17) is 0 Å². The Morgan fingerprint density at radius 1 is 0.840 bits per heavy atom. The first-order valence-electron chi connectivity index (χ1n) is 6.97. The zero-order valence-corrected chi connectivity index (χ0v) is 13.2. The summed E-state index contributed by atoms with van der Waals surface area (Å²) >= 11 is 0. The Kier molecular flexibility index (Phi) is 4.16. The van der Waals surface area contributed by atoms with Crippen molar-refractivity contribution in [2.45, 2.75) is 5.51 Å². The Balaban J connectivity index is 2.23. The third-order valence-electron chi connectivity index (χ3n) is 3.47. The molecule has 0 unspecified atom stereocenters. The number of hydrogen-bond donors (Lipinski definition) is 0. The molecule has 25 heavy (non-hydrogen) atoms. The van der Waals surface area contributed by atoms with Gasteiger partial charge in [0.15, 0.2) is 5.75 Å². The lowest BCUT2D eigenvalue weighted by Gasteiger charge is -2.13. The minimum absolute atomic E-state index is 0.0499. The molecule has 3 nitrogen and oxygen atoms in total. The molecule has 0 N–H and O–H groups in total. The summed E-state index contributed by atoms with van der Waals surface area (Å²) in [5.41, 5.74) is -4.56. The molecule has 3 aromatic rings. The predicted octanol–water partition coefficient (Wildman–Crippen LogP) is 4.87. The fourth-order valence-corrected chi connectivity index (χ4v) is 2.81. The largest absolute Gasteiger partial charge is 0.534 e. The smallest absolute Gasteiger partial charge is 0.375 e. The van der Waals surface area contributed by atoms with E-state index in [-0.39, 0.29) is 10.8 Å². The van der Waals surface area contributed by atoms with Gasteiger partial charge in [0.25, 0.3) is 0 Å². The molecule has 0 saturated heterocycles. The number of halogens is 4.